The molecule has 2 N–H and O–H groups in total. The molecule has 3 nitrogen and oxygen atoms in total. The predicted molar refractivity (Wildman–Crippen MR) is 48.5 cm³/mol. The Morgan fingerprint density at radius 3 is 2.91 bits per heavy atom. The highest BCUT2D eigenvalue weighted by Gasteiger charge is 1.99. The van der Waals surface area contributed by atoms with Crippen LogP contribution in [-0.2, 0) is 6.54 Å². The summed E-state index contributed by atoms with van der Waals surface area (Å²) in [5, 5.41) is 0. The van der Waals surface area contributed by atoms with Gasteiger partial charge in [0, 0.05) is 18.4 Å². The van der Waals surface area contributed by atoms with E-state index < -0.39 is 0 Å². The van der Waals surface area contributed by atoms with Gasteiger partial charge in [-0.25, -0.2) is 0 Å². The van der Waals surface area contributed by atoms with Crippen molar-refractivity contribution in [1.82, 2.24) is 4.57 Å². The number of anilines is 1. The molecule has 4 heteroatoms. The van der Waals surface area contributed by atoms with Gasteiger partial charge in [0.1, 0.15) is 0 Å². The molecule has 1 rings (SSSR count). The lowest BCUT2D eigenvalue weighted by Gasteiger charge is -2.02. The van der Waals surface area contributed by atoms with Gasteiger partial charge in [-0.3, -0.25) is 4.79 Å². The van der Waals surface area contributed by atoms with E-state index in [1.807, 2.05) is 6.92 Å². The zero-order valence-electron chi connectivity index (χ0n) is 6.17. The normalized spacial score (nSPS) is 10.0. The standard InChI is InChI=1S/C7H9BrN2O/c1-2-10-4-5(9)3-6(8)7(10)11/h3-4H,2,9H2,1H3. The van der Waals surface area contributed by atoms with Gasteiger partial charge < -0.3 is 10.3 Å². The number of nitrogens with zero attached hydrogens (tertiary/aromatic N) is 1. The van der Waals surface area contributed by atoms with Gasteiger partial charge >= 0.3 is 0 Å². The van der Waals surface area contributed by atoms with Crippen LogP contribution in [0, 0.1) is 0 Å². The molecule has 0 aromatic carbocycles. The number of hydrogen-bond donors (Lipinski definition) is 1. The Bertz CT molecular complexity index is 319. The lowest BCUT2D eigenvalue weighted by molar-refractivity contribution is 0.725. The highest BCUT2D eigenvalue weighted by atomic mass is 79.9. The van der Waals surface area contributed by atoms with E-state index in [9.17, 15) is 4.79 Å². The van der Waals surface area contributed by atoms with E-state index in [2.05, 4.69) is 15.9 Å². The number of hydrogen-bond acceptors (Lipinski definition) is 2. The lowest BCUT2D eigenvalue weighted by Crippen LogP contribution is -2.19. The Hall–Kier alpha value is -0.770. The van der Waals surface area contributed by atoms with Crippen LogP contribution in [0.5, 0.6) is 0 Å². The summed E-state index contributed by atoms with van der Waals surface area (Å²) in [5.74, 6) is 0. The molecule has 0 unspecified atom stereocenters. The van der Waals surface area contributed by atoms with E-state index in [1.165, 1.54) is 0 Å². The quantitative estimate of drug-likeness (QED) is 0.768. The van der Waals surface area contributed by atoms with Crippen LogP contribution in [0.15, 0.2) is 21.5 Å². The molecule has 0 saturated carbocycles. The molecule has 0 spiro atoms. The van der Waals surface area contributed by atoms with Gasteiger partial charge in [-0.1, -0.05) is 0 Å². The van der Waals surface area contributed by atoms with Crippen molar-refractivity contribution in [2.75, 3.05) is 5.73 Å². The third-order valence-electron chi connectivity index (χ3n) is 1.40. The Labute approximate surface area is 73.0 Å². The molecule has 0 saturated heterocycles. The number of pyridine rings is 1. The number of aromatic nitrogens is 1. The maximum Gasteiger partial charge on any atom is 0.264 e. The Morgan fingerprint density at radius 2 is 2.36 bits per heavy atom. The molecule has 0 aliphatic carbocycles. The monoisotopic (exact) mass is 216 g/mol. The summed E-state index contributed by atoms with van der Waals surface area (Å²) in [6.45, 7) is 2.54. The van der Waals surface area contributed by atoms with Crippen molar-refractivity contribution < 1.29 is 0 Å². The molecule has 60 valence electrons. The maximum atomic E-state index is 11.2. The zero-order chi connectivity index (χ0) is 8.43. The zero-order valence-corrected chi connectivity index (χ0v) is 7.76. The minimum Gasteiger partial charge on any atom is -0.398 e. The number of aryl methyl sites for hydroxylation is 1. The molecular weight excluding hydrogens is 208 g/mol. The highest BCUT2D eigenvalue weighted by Crippen LogP contribution is 2.07. The fourth-order valence-corrected chi connectivity index (χ4v) is 1.35. The van der Waals surface area contributed by atoms with Crippen LogP contribution in [0.3, 0.4) is 0 Å². The van der Waals surface area contributed by atoms with E-state index in [-0.39, 0.29) is 5.56 Å². The van der Waals surface area contributed by atoms with E-state index in [0.29, 0.717) is 16.7 Å². The van der Waals surface area contributed by atoms with E-state index >= 15 is 0 Å². The maximum absolute atomic E-state index is 11.2. The number of halogens is 1. The van der Waals surface area contributed by atoms with Crippen LogP contribution in [0.25, 0.3) is 0 Å². The lowest BCUT2D eigenvalue weighted by atomic mass is 10.4. The Morgan fingerprint density at radius 1 is 1.73 bits per heavy atom. The average molecular weight is 217 g/mol. The molecule has 1 aromatic rings. The van der Waals surface area contributed by atoms with Gasteiger partial charge in [-0.05, 0) is 28.9 Å². The van der Waals surface area contributed by atoms with Crippen molar-refractivity contribution in [1.29, 1.82) is 0 Å². The molecule has 0 bridgehead atoms. The fraction of sp³-hybridized carbons (Fsp3) is 0.286. The summed E-state index contributed by atoms with van der Waals surface area (Å²) in [7, 11) is 0. The Balaban J connectivity index is 3.37. The molecule has 1 heterocycles. The van der Waals surface area contributed by atoms with Crippen molar-refractivity contribution in [3.63, 3.8) is 0 Å². The first-order valence-electron chi connectivity index (χ1n) is 3.30. The summed E-state index contributed by atoms with van der Waals surface area (Å²) in [5.41, 5.74) is 6.07. The summed E-state index contributed by atoms with van der Waals surface area (Å²) < 4.78 is 2.07. The molecule has 0 amide bonds. The van der Waals surface area contributed by atoms with Gasteiger partial charge in [-0.15, -0.1) is 0 Å². The summed E-state index contributed by atoms with van der Waals surface area (Å²) in [4.78, 5) is 11.2. The van der Waals surface area contributed by atoms with Gasteiger partial charge in [0.15, 0.2) is 0 Å². The van der Waals surface area contributed by atoms with E-state index in [4.69, 9.17) is 5.73 Å². The largest absolute Gasteiger partial charge is 0.398 e. The van der Waals surface area contributed by atoms with Crippen LogP contribution in [0.2, 0.25) is 0 Å². The molecule has 0 aliphatic heterocycles. The van der Waals surface area contributed by atoms with E-state index in [1.54, 1.807) is 16.8 Å². The molecular formula is C7H9BrN2O. The minimum atomic E-state index is -0.0401. The summed E-state index contributed by atoms with van der Waals surface area (Å²) in [6.07, 6.45) is 1.63. The smallest absolute Gasteiger partial charge is 0.264 e. The van der Waals surface area contributed by atoms with Gasteiger partial charge in [-0.2, -0.15) is 0 Å². The first-order chi connectivity index (χ1) is 5.15. The predicted octanol–water partition coefficient (Wildman–Crippen LogP) is 1.21. The van der Waals surface area contributed by atoms with Crippen LogP contribution < -0.4 is 11.3 Å². The van der Waals surface area contributed by atoms with Crippen LogP contribution >= 0.6 is 15.9 Å². The van der Waals surface area contributed by atoms with Crippen molar-refractivity contribution in [2.24, 2.45) is 0 Å². The summed E-state index contributed by atoms with van der Waals surface area (Å²) in [6, 6.07) is 1.61. The molecule has 0 aliphatic rings. The molecule has 11 heavy (non-hydrogen) atoms. The average Bonchev–Trinajstić information content (AvgIpc) is 1.96. The minimum absolute atomic E-state index is 0.0401. The first kappa shape index (κ1) is 8.33. The molecule has 0 fully saturated rings. The van der Waals surface area contributed by atoms with Crippen molar-refractivity contribution in [2.45, 2.75) is 13.5 Å². The number of rotatable bonds is 1. The second kappa shape index (κ2) is 3.09. The first-order valence-corrected chi connectivity index (χ1v) is 4.10. The van der Waals surface area contributed by atoms with Gasteiger partial charge in [0.05, 0.1) is 4.47 Å². The second-order valence-electron chi connectivity index (χ2n) is 2.21. The molecule has 1 aromatic heterocycles. The van der Waals surface area contributed by atoms with Crippen LogP contribution in [0.1, 0.15) is 6.92 Å². The topological polar surface area (TPSA) is 48.0 Å². The van der Waals surface area contributed by atoms with Gasteiger partial charge in [0.25, 0.3) is 5.56 Å². The third kappa shape index (κ3) is 1.63. The van der Waals surface area contributed by atoms with Crippen molar-refractivity contribution >= 4 is 21.6 Å². The third-order valence-corrected chi connectivity index (χ3v) is 1.97. The molecule has 0 atom stereocenters. The SMILES string of the molecule is CCn1cc(N)cc(Br)c1=O. The van der Waals surface area contributed by atoms with Crippen LogP contribution in [0.4, 0.5) is 5.69 Å². The number of nitrogen functional groups attached to an aromatic ring is 1. The van der Waals surface area contributed by atoms with Gasteiger partial charge in [0.2, 0.25) is 0 Å². The summed E-state index contributed by atoms with van der Waals surface area (Å²) >= 11 is 3.12. The highest BCUT2D eigenvalue weighted by molar-refractivity contribution is 9.10. The number of nitrogens with two attached hydrogens (primary N) is 1. The van der Waals surface area contributed by atoms with Crippen molar-refractivity contribution in [3.8, 4) is 0 Å². The van der Waals surface area contributed by atoms with E-state index in [0.717, 1.165) is 0 Å². The Kier molecular flexibility index (Phi) is 2.34. The van der Waals surface area contributed by atoms with Crippen LogP contribution in [-0.4, -0.2) is 4.57 Å². The fourth-order valence-electron chi connectivity index (χ4n) is 0.856. The molecule has 0 radical (unpaired) electrons. The van der Waals surface area contributed by atoms with Crippen molar-refractivity contribution in [3.05, 3.63) is 27.1 Å². The second-order valence-corrected chi connectivity index (χ2v) is 3.07.